The molecule has 1 saturated carbocycles. The average Bonchev–Trinajstić information content (AvgIpc) is 3.41. The van der Waals surface area contributed by atoms with Crippen molar-refractivity contribution in [3.63, 3.8) is 0 Å². The van der Waals surface area contributed by atoms with Crippen LogP contribution in [0.2, 0.25) is 0 Å². The van der Waals surface area contributed by atoms with Crippen LogP contribution < -0.4 is 16.4 Å². The lowest BCUT2D eigenvalue weighted by atomic mass is 10.0. The molecule has 2 aliphatic rings. The van der Waals surface area contributed by atoms with Crippen LogP contribution in [-0.4, -0.2) is 60.2 Å². The maximum absolute atomic E-state index is 13.0. The largest absolute Gasteiger partial charge is 0.490 e. The fraction of sp³-hybridized carbons (Fsp3) is 0.364. The number of amides is 1. The monoisotopic (exact) mass is 586 g/mol. The molecule has 0 bridgehead atoms. The highest BCUT2D eigenvalue weighted by atomic mass is 16.7. The third-order valence-corrected chi connectivity index (χ3v) is 7.51. The van der Waals surface area contributed by atoms with Crippen molar-refractivity contribution in [3.8, 4) is 5.75 Å². The summed E-state index contributed by atoms with van der Waals surface area (Å²) in [6.07, 6.45) is -2.05. The summed E-state index contributed by atoms with van der Waals surface area (Å²) in [5.41, 5.74) is 8.18. The van der Waals surface area contributed by atoms with Crippen LogP contribution in [0.1, 0.15) is 43.6 Å². The Kier molecular flexibility index (Phi) is 8.98. The first-order chi connectivity index (χ1) is 20.6. The lowest BCUT2D eigenvalue weighted by Crippen LogP contribution is -2.37. The van der Waals surface area contributed by atoms with Gasteiger partial charge in [0, 0.05) is 30.5 Å². The first kappa shape index (κ1) is 30.1. The number of nitrogens with two attached hydrogens (primary N) is 2. The molecular weight excluding hydrogens is 548 g/mol. The molecule has 1 aliphatic carbocycles. The Hall–Kier alpha value is -4.41. The van der Waals surface area contributed by atoms with E-state index >= 15 is 0 Å². The first-order valence-electron chi connectivity index (χ1n) is 14.3. The normalized spacial score (nSPS) is 20.3. The van der Waals surface area contributed by atoms with Gasteiger partial charge in [-0.15, -0.1) is 0 Å². The van der Waals surface area contributed by atoms with E-state index in [1.165, 1.54) is 0 Å². The number of amidine groups is 1. The Labute approximate surface area is 251 Å². The number of carbonyl (C=O) groups excluding carboxylic acids is 2. The number of carbonyl (C=O) groups is 2. The minimum Gasteiger partial charge on any atom is -0.490 e. The van der Waals surface area contributed by atoms with E-state index in [9.17, 15) is 9.59 Å². The van der Waals surface area contributed by atoms with Gasteiger partial charge in [0.25, 0.3) is 0 Å². The summed E-state index contributed by atoms with van der Waals surface area (Å²) in [6, 6.07) is 26.1. The molecule has 1 heterocycles. The highest BCUT2D eigenvalue weighted by Crippen LogP contribution is 2.48. The predicted octanol–water partition coefficient (Wildman–Crippen LogP) is 4.23. The Bertz CT molecular complexity index is 1370. The smallest absolute Gasteiger partial charge is 0.410 e. The second kappa shape index (κ2) is 12.8. The number of hydrogen-bond donors (Lipinski definition) is 2. The van der Waals surface area contributed by atoms with Crippen molar-refractivity contribution in [2.45, 2.75) is 44.6 Å². The van der Waals surface area contributed by atoms with E-state index in [1.54, 1.807) is 29.2 Å². The topological polar surface area (TPSA) is 139 Å². The molecule has 1 amide bonds. The van der Waals surface area contributed by atoms with Crippen LogP contribution in [0, 0.1) is 11.8 Å². The maximum atomic E-state index is 13.0. The third-order valence-electron chi connectivity index (χ3n) is 7.51. The van der Waals surface area contributed by atoms with Crippen LogP contribution in [0.15, 0.2) is 89.9 Å². The van der Waals surface area contributed by atoms with E-state index in [2.05, 4.69) is 0 Å². The van der Waals surface area contributed by atoms with E-state index in [-0.39, 0.29) is 18.7 Å². The van der Waals surface area contributed by atoms with Crippen LogP contribution in [-0.2, 0) is 19.1 Å². The molecular formula is C33H38N4O6. The Morgan fingerprint density at radius 3 is 1.98 bits per heavy atom. The van der Waals surface area contributed by atoms with Crippen LogP contribution in [0.5, 0.6) is 5.75 Å². The lowest BCUT2D eigenvalue weighted by molar-refractivity contribution is -0.163. The molecule has 0 spiro atoms. The molecule has 43 heavy (non-hydrogen) atoms. The van der Waals surface area contributed by atoms with Gasteiger partial charge in [-0.2, -0.15) is 0 Å². The van der Waals surface area contributed by atoms with Crippen molar-refractivity contribution in [2.24, 2.45) is 28.5 Å². The van der Waals surface area contributed by atoms with Gasteiger partial charge in [0.2, 0.25) is 6.10 Å². The molecule has 4 atom stereocenters. The number of ether oxygens (including phenoxy) is 3. The van der Waals surface area contributed by atoms with Gasteiger partial charge in [-0.05, 0) is 56.2 Å². The van der Waals surface area contributed by atoms with Crippen molar-refractivity contribution in [1.29, 1.82) is 0 Å². The molecule has 4 N–H and O–H groups in total. The van der Waals surface area contributed by atoms with E-state index in [4.69, 9.17) is 35.7 Å². The molecule has 2 fully saturated rings. The molecule has 10 heteroatoms. The summed E-state index contributed by atoms with van der Waals surface area (Å²) in [6.45, 7) is 6.68. The van der Waals surface area contributed by atoms with Crippen LogP contribution >= 0.6 is 0 Å². The van der Waals surface area contributed by atoms with Gasteiger partial charge in [-0.1, -0.05) is 60.7 Å². The number of nitrogens with zero attached hydrogens (tertiary/aromatic N) is 2. The SMILES string of the molecule is CC(C)(C)OC(=O)N1C[C@@H]2C(N=C(N)c3ccc(OC[C@@H](ON)C(=O)OC(c4ccccc4)c4ccccc4)cc3)[C@@H]2C1. The lowest BCUT2D eigenvalue weighted by Gasteiger charge is -2.25. The van der Waals surface area contributed by atoms with Crippen molar-refractivity contribution < 1.29 is 28.6 Å². The summed E-state index contributed by atoms with van der Waals surface area (Å²) in [4.78, 5) is 36.7. The number of hydrogen-bond acceptors (Lipinski definition) is 8. The Morgan fingerprint density at radius 1 is 0.907 bits per heavy atom. The molecule has 0 aromatic heterocycles. The van der Waals surface area contributed by atoms with Gasteiger partial charge in [0.1, 0.15) is 23.8 Å². The average molecular weight is 587 g/mol. The van der Waals surface area contributed by atoms with Gasteiger partial charge in [-0.25, -0.2) is 15.5 Å². The second-order valence-corrected chi connectivity index (χ2v) is 11.8. The summed E-state index contributed by atoms with van der Waals surface area (Å²) < 4.78 is 17.1. The maximum Gasteiger partial charge on any atom is 0.410 e. The molecule has 226 valence electrons. The summed E-state index contributed by atoms with van der Waals surface area (Å²) in [7, 11) is 0. The molecule has 0 radical (unpaired) electrons. The first-order valence-corrected chi connectivity index (χ1v) is 14.3. The third kappa shape index (κ3) is 7.52. The molecule has 1 aliphatic heterocycles. The van der Waals surface area contributed by atoms with Gasteiger partial charge in [0.05, 0.1) is 6.04 Å². The van der Waals surface area contributed by atoms with Crippen LogP contribution in [0.25, 0.3) is 0 Å². The Balaban J connectivity index is 1.13. The zero-order valence-electron chi connectivity index (χ0n) is 24.6. The standard InChI is InChI=1S/C33H38N4O6/c1-33(2,3)42-32(39)37-18-25-26(19-37)28(25)36-30(34)23-14-16-24(17-15-23)40-20-27(43-35)31(38)41-29(21-10-6-4-7-11-21)22-12-8-5-9-13-22/h4-17,25-29H,18-20,35H2,1-3H3,(H2,34,36)/t25-,26+,27-,28?/m1/s1. The summed E-state index contributed by atoms with van der Waals surface area (Å²) in [5.74, 6) is 6.33. The molecule has 3 aromatic rings. The molecule has 5 rings (SSSR count). The van der Waals surface area contributed by atoms with Crippen molar-refractivity contribution in [2.75, 3.05) is 19.7 Å². The van der Waals surface area contributed by atoms with E-state index in [1.807, 2.05) is 81.4 Å². The van der Waals surface area contributed by atoms with Gasteiger partial charge < -0.3 is 24.8 Å². The molecule has 10 nitrogen and oxygen atoms in total. The number of likely N-dealkylation sites (tertiary alicyclic amines) is 1. The van der Waals surface area contributed by atoms with Crippen molar-refractivity contribution >= 4 is 17.9 Å². The van der Waals surface area contributed by atoms with Crippen molar-refractivity contribution in [3.05, 3.63) is 102 Å². The number of fused-ring (bicyclic) bond motifs is 1. The van der Waals surface area contributed by atoms with Crippen LogP contribution in [0.4, 0.5) is 4.79 Å². The number of piperidine rings is 1. The summed E-state index contributed by atoms with van der Waals surface area (Å²) in [5, 5.41) is 0. The minimum atomic E-state index is -1.14. The number of rotatable bonds is 10. The van der Waals surface area contributed by atoms with Gasteiger partial charge in [-0.3, -0.25) is 9.83 Å². The highest BCUT2D eigenvalue weighted by Gasteiger charge is 2.57. The van der Waals surface area contributed by atoms with E-state index < -0.39 is 23.8 Å². The molecule has 1 saturated heterocycles. The fourth-order valence-electron chi connectivity index (χ4n) is 5.23. The highest BCUT2D eigenvalue weighted by molar-refractivity contribution is 5.97. The van der Waals surface area contributed by atoms with Crippen molar-refractivity contribution in [1.82, 2.24) is 4.90 Å². The predicted molar refractivity (Wildman–Crippen MR) is 161 cm³/mol. The van der Waals surface area contributed by atoms with E-state index in [0.717, 1.165) is 16.7 Å². The zero-order valence-corrected chi connectivity index (χ0v) is 24.6. The summed E-state index contributed by atoms with van der Waals surface area (Å²) >= 11 is 0. The Morgan fingerprint density at radius 2 is 1.47 bits per heavy atom. The zero-order chi connectivity index (χ0) is 30.6. The molecule has 3 aromatic carbocycles. The van der Waals surface area contributed by atoms with Crippen LogP contribution in [0.3, 0.4) is 0 Å². The fourth-order valence-corrected chi connectivity index (χ4v) is 5.23. The molecule has 1 unspecified atom stereocenters. The number of aliphatic imine (C=N–C) groups is 1. The van der Waals surface area contributed by atoms with Gasteiger partial charge in [0.15, 0.2) is 6.10 Å². The van der Waals surface area contributed by atoms with Gasteiger partial charge >= 0.3 is 12.1 Å². The quantitative estimate of drug-likeness (QED) is 0.156. The number of benzene rings is 3. The van der Waals surface area contributed by atoms with E-state index in [0.29, 0.717) is 36.5 Å². The minimum absolute atomic E-state index is 0.0960. The number of esters is 1. The second-order valence-electron chi connectivity index (χ2n) is 11.8.